The lowest BCUT2D eigenvalue weighted by atomic mass is 10.2. The highest BCUT2D eigenvalue weighted by Gasteiger charge is 2.11. The maximum Gasteiger partial charge on any atom is 0.338 e. The van der Waals surface area contributed by atoms with Crippen molar-refractivity contribution in [2.24, 2.45) is 0 Å². The highest BCUT2D eigenvalue weighted by atomic mass is 16.5. The van der Waals surface area contributed by atoms with Gasteiger partial charge in [-0.05, 0) is 43.3 Å². The van der Waals surface area contributed by atoms with Crippen LogP contribution in [0, 0.1) is 11.3 Å². The van der Waals surface area contributed by atoms with Crippen LogP contribution in [0.1, 0.15) is 22.8 Å². The first-order chi connectivity index (χ1) is 10.1. The minimum atomic E-state index is -0.437. The number of rotatable bonds is 4. The highest BCUT2D eigenvalue weighted by molar-refractivity contribution is 5.90. The van der Waals surface area contributed by atoms with Gasteiger partial charge in [-0.3, -0.25) is 0 Å². The zero-order valence-electron chi connectivity index (χ0n) is 11.5. The van der Waals surface area contributed by atoms with Crippen LogP contribution in [0.25, 0.3) is 0 Å². The van der Waals surface area contributed by atoms with E-state index in [1.54, 1.807) is 43.3 Å². The third-order valence-electron chi connectivity index (χ3n) is 2.72. The minimum absolute atomic E-state index is 0.295. The van der Waals surface area contributed by atoms with Crippen molar-refractivity contribution < 1.29 is 14.3 Å². The van der Waals surface area contributed by atoms with E-state index in [0.717, 1.165) is 0 Å². The molecular weight excluding hydrogens is 268 g/mol. The Morgan fingerprint density at radius 3 is 2.81 bits per heavy atom. The number of esters is 1. The Bertz CT molecular complexity index is 705. The molecule has 0 aliphatic carbocycles. The van der Waals surface area contributed by atoms with Crippen molar-refractivity contribution in [2.75, 3.05) is 12.3 Å². The zero-order valence-corrected chi connectivity index (χ0v) is 11.5. The quantitative estimate of drug-likeness (QED) is 0.688. The lowest BCUT2D eigenvalue weighted by Gasteiger charge is -2.10. The smallest absolute Gasteiger partial charge is 0.338 e. The van der Waals surface area contributed by atoms with Crippen LogP contribution < -0.4 is 10.5 Å². The zero-order chi connectivity index (χ0) is 15.2. The number of benzene rings is 2. The van der Waals surface area contributed by atoms with Gasteiger partial charge in [0.1, 0.15) is 5.75 Å². The second-order valence-corrected chi connectivity index (χ2v) is 4.21. The summed E-state index contributed by atoms with van der Waals surface area (Å²) in [7, 11) is 0. The van der Waals surface area contributed by atoms with Crippen molar-refractivity contribution in [3.05, 3.63) is 53.6 Å². The molecule has 0 aromatic heterocycles. The number of anilines is 1. The third kappa shape index (κ3) is 3.51. The molecule has 21 heavy (non-hydrogen) atoms. The first-order valence-corrected chi connectivity index (χ1v) is 6.38. The molecule has 0 unspecified atom stereocenters. The second kappa shape index (κ2) is 6.44. The summed E-state index contributed by atoms with van der Waals surface area (Å²) in [4.78, 5) is 11.7. The first kappa shape index (κ1) is 14.4. The molecule has 0 saturated carbocycles. The fourth-order valence-corrected chi connectivity index (χ4v) is 1.72. The predicted molar refractivity (Wildman–Crippen MR) is 78.0 cm³/mol. The molecule has 0 aliphatic heterocycles. The standard InChI is InChI=1S/C16H14N2O3/c1-2-20-16(19)12-6-7-14(18)15(9-12)21-13-5-3-4-11(8-13)10-17/h3-9H,2,18H2,1H3. The van der Waals surface area contributed by atoms with E-state index >= 15 is 0 Å². The molecule has 0 radical (unpaired) electrons. The molecule has 0 spiro atoms. The molecule has 0 saturated heterocycles. The number of nitrogens with two attached hydrogens (primary N) is 1. The number of hydrogen-bond acceptors (Lipinski definition) is 5. The van der Waals surface area contributed by atoms with Crippen LogP contribution in [0.2, 0.25) is 0 Å². The van der Waals surface area contributed by atoms with Crippen molar-refractivity contribution in [3.8, 4) is 17.6 Å². The molecule has 0 aliphatic rings. The summed E-state index contributed by atoms with van der Waals surface area (Å²) in [5.74, 6) is 0.380. The summed E-state index contributed by atoms with van der Waals surface area (Å²) >= 11 is 0. The van der Waals surface area contributed by atoms with Crippen LogP contribution in [0.4, 0.5) is 5.69 Å². The van der Waals surface area contributed by atoms with E-state index in [0.29, 0.717) is 34.9 Å². The number of nitriles is 1. The van der Waals surface area contributed by atoms with E-state index in [4.69, 9.17) is 20.5 Å². The molecule has 106 valence electrons. The Labute approximate surface area is 122 Å². The van der Waals surface area contributed by atoms with E-state index in [1.807, 2.05) is 6.07 Å². The first-order valence-electron chi connectivity index (χ1n) is 6.38. The lowest BCUT2D eigenvalue weighted by Crippen LogP contribution is -2.05. The van der Waals surface area contributed by atoms with Gasteiger partial charge in [0.05, 0.1) is 29.5 Å². The van der Waals surface area contributed by atoms with Crippen molar-refractivity contribution in [1.29, 1.82) is 5.26 Å². The average Bonchev–Trinajstić information content (AvgIpc) is 2.50. The molecule has 2 N–H and O–H groups in total. The van der Waals surface area contributed by atoms with Gasteiger partial charge in [-0.15, -0.1) is 0 Å². The van der Waals surface area contributed by atoms with E-state index in [2.05, 4.69) is 0 Å². The molecule has 2 rings (SSSR count). The predicted octanol–water partition coefficient (Wildman–Crippen LogP) is 3.11. The topological polar surface area (TPSA) is 85.3 Å². The van der Waals surface area contributed by atoms with Crippen LogP contribution in [0.3, 0.4) is 0 Å². The lowest BCUT2D eigenvalue weighted by molar-refractivity contribution is 0.0526. The fraction of sp³-hybridized carbons (Fsp3) is 0.125. The average molecular weight is 282 g/mol. The number of carbonyl (C=O) groups is 1. The van der Waals surface area contributed by atoms with Gasteiger partial charge >= 0.3 is 5.97 Å². The van der Waals surface area contributed by atoms with E-state index in [1.165, 1.54) is 6.07 Å². The molecule has 0 atom stereocenters. The summed E-state index contributed by atoms with van der Waals surface area (Å²) in [5.41, 5.74) is 7.07. The Hall–Kier alpha value is -3.00. The normalized spacial score (nSPS) is 9.71. The summed E-state index contributed by atoms with van der Waals surface area (Å²) in [5, 5.41) is 8.87. The number of nitrogens with zero attached hydrogens (tertiary/aromatic N) is 1. The highest BCUT2D eigenvalue weighted by Crippen LogP contribution is 2.29. The number of hydrogen-bond donors (Lipinski definition) is 1. The van der Waals surface area contributed by atoms with E-state index in [9.17, 15) is 4.79 Å². The Morgan fingerprint density at radius 2 is 2.10 bits per heavy atom. The van der Waals surface area contributed by atoms with Crippen molar-refractivity contribution in [2.45, 2.75) is 6.92 Å². The largest absolute Gasteiger partial charge is 0.462 e. The molecule has 5 nitrogen and oxygen atoms in total. The molecule has 0 bridgehead atoms. The van der Waals surface area contributed by atoms with Gasteiger partial charge in [-0.1, -0.05) is 6.07 Å². The van der Waals surface area contributed by atoms with E-state index < -0.39 is 5.97 Å². The molecular formula is C16H14N2O3. The SMILES string of the molecule is CCOC(=O)c1ccc(N)c(Oc2cccc(C#N)c2)c1. The Kier molecular flexibility index (Phi) is 4.42. The molecule has 2 aromatic carbocycles. The van der Waals surface area contributed by atoms with Gasteiger partial charge in [-0.25, -0.2) is 4.79 Å². The number of carbonyl (C=O) groups excluding carboxylic acids is 1. The minimum Gasteiger partial charge on any atom is -0.462 e. The van der Waals surface area contributed by atoms with Gasteiger partial charge < -0.3 is 15.2 Å². The maximum atomic E-state index is 11.7. The summed E-state index contributed by atoms with van der Waals surface area (Å²) in [6, 6.07) is 13.4. The van der Waals surface area contributed by atoms with Crippen LogP contribution >= 0.6 is 0 Å². The Morgan fingerprint density at radius 1 is 1.29 bits per heavy atom. The van der Waals surface area contributed by atoms with Crippen molar-refractivity contribution in [1.82, 2.24) is 0 Å². The van der Waals surface area contributed by atoms with Crippen LogP contribution in [-0.4, -0.2) is 12.6 Å². The summed E-state index contributed by atoms with van der Waals surface area (Å²) in [6.07, 6.45) is 0. The van der Waals surface area contributed by atoms with Gasteiger partial charge in [0.25, 0.3) is 0 Å². The molecule has 5 heteroatoms. The molecule has 2 aromatic rings. The fourth-order valence-electron chi connectivity index (χ4n) is 1.72. The molecule has 0 fully saturated rings. The van der Waals surface area contributed by atoms with Crippen LogP contribution in [0.5, 0.6) is 11.5 Å². The summed E-state index contributed by atoms with van der Waals surface area (Å²) < 4.78 is 10.6. The second-order valence-electron chi connectivity index (χ2n) is 4.21. The molecule has 0 heterocycles. The Balaban J connectivity index is 2.28. The van der Waals surface area contributed by atoms with Crippen molar-refractivity contribution in [3.63, 3.8) is 0 Å². The van der Waals surface area contributed by atoms with Gasteiger partial charge in [0.2, 0.25) is 0 Å². The van der Waals surface area contributed by atoms with Crippen LogP contribution in [0.15, 0.2) is 42.5 Å². The summed E-state index contributed by atoms with van der Waals surface area (Å²) in [6.45, 7) is 2.03. The van der Waals surface area contributed by atoms with E-state index in [-0.39, 0.29) is 0 Å². The van der Waals surface area contributed by atoms with Crippen molar-refractivity contribution >= 4 is 11.7 Å². The third-order valence-corrected chi connectivity index (χ3v) is 2.72. The number of nitrogen functional groups attached to an aromatic ring is 1. The number of ether oxygens (including phenoxy) is 2. The van der Waals surface area contributed by atoms with Gasteiger partial charge in [0, 0.05) is 0 Å². The monoisotopic (exact) mass is 282 g/mol. The van der Waals surface area contributed by atoms with Gasteiger partial charge in [-0.2, -0.15) is 5.26 Å². The van der Waals surface area contributed by atoms with Crippen LogP contribution in [-0.2, 0) is 4.74 Å². The van der Waals surface area contributed by atoms with Gasteiger partial charge in [0.15, 0.2) is 5.75 Å². The maximum absolute atomic E-state index is 11.7. The molecule has 0 amide bonds.